The largest absolute Gasteiger partial charge is 0.503 e. The molecule has 4 nitrogen and oxygen atoms in total. The van der Waals surface area contributed by atoms with Crippen molar-refractivity contribution in [1.82, 2.24) is 4.57 Å². The van der Waals surface area contributed by atoms with Crippen LogP contribution in [0, 0.1) is 0 Å². The van der Waals surface area contributed by atoms with Gasteiger partial charge in [-0.25, -0.2) is 4.79 Å². The van der Waals surface area contributed by atoms with E-state index in [1.807, 2.05) is 0 Å². The van der Waals surface area contributed by atoms with Crippen molar-refractivity contribution in [3.05, 3.63) is 59.9 Å². The molecule has 0 saturated carbocycles. The third-order valence-corrected chi connectivity index (χ3v) is 6.38. The van der Waals surface area contributed by atoms with Gasteiger partial charge >= 0.3 is 6.16 Å². The standard InChI is InChI=1S/C25H31N.CH2O3/c1-6-12-26-13-9-20(17-26)18-7-8-19-15-22-23(16-21(19)14-18)25(4,5)11-10-24(22,2)3;2-1(3)4/h7-9,13-17H,6,10-12H2,1-5H3;(H2,2,3,4). The lowest BCUT2D eigenvalue weighted by Crippen LogP contribution is -2.33. The zero-order chi connectivity index (χ0) is 22.1. The maximum absolute atomic E-state index is 8.56. The zero-order valence-electron chi connectivity index (χ0n) is 18.7. The Kier molecular flexibility index (Phi) is 5.98. The number of aromatic nitrogens is 1. The van der Waals surface area contributed by atoms with E-state index in [2.05, 4.69) is 88.0 Å². The molecular weight excluding hydrogens is 374 g/mol. The molecule has 160 valence electrons. The van der Waals surface area contributed by atoms with E-state index in [1.54, 1.807) is 11.1 Å². The molecule has 3 aromatic rings. The molecular formula is C26H33NO3. The van der Waals surface area contributed by atoms with Gasteiger partial charge in [0.25, 0.3) is 0 Å². The van der Waals surface area contributed by atoms with Gasteiger partial charge < -0.3 is 14.8 Å². The van der Waals surface area contributed by atoms with Crippen LogP contribution in [0.15, 0.2) is 48.8 Å². The number of fused-ring (bicyclic) bond motifs is 2. The highest BCUT2D eigenvalue weighted by atomic mass is 16.6. The van der Waals surface area contributed by atoms with Crippen molar-refractivity contribution < 1.29 is 15.0 Å². The first-order valence-corrected chi connectivity index (χ1v) is 10.7. The van der Waals surface area contributed by atoms with Crippen LogP contribution in [0.3, 0.4) is 0 Å². The van der Waals surface area contributed by atoms with Gasteiger partial charge in [-0.05, 0) is 75.3 Å². The van der Waals surface area contributed by atoms with Gasteiger partial charge in [-0.2, -0.15) is 0 Å². The predicted octanol–water partition coefficient (Wildman–Crippen LogP) is 7.29. The normalized spacial score (nSPS) is 16.4. The smallest absolute Gasteiger partial charge is 0.450 e. The van der Waals surface area contributed by atoms with E-state index in [4.69, 9.17) is 15.0 Å². The van der Waals surface area contributed by atoms with Crippen LogP contribution in [0.2, 0.25) is 0 Å². The Balaban J connectivity index is 0.000000589. The first-order chi connectivity index (χ1) is 14.0. The van der Waals surface area contributed by atoms with E-state index in [9.17, 15) is 0 Å². The highest BCUT2D eigenvalue weighted by Crippen LogP contribution is 2.47. The molecule has 1 heterocycles. The summed E-state index contributed by atoms with van der Waals surface area (Å²) in [6.45, 7) is 12.9. The third kappa shape index (κ3) is 4.53. The summed E-state index contributed by atoms with van der Waals surface area (Å²) in [5, 5.41) is 16.7. The molecule has 0 aliphatic heterocycles. The summed E-state index contributed by atoms with van der Waals surface area (Å²) in [5.41, 5.74) is 6.26. The molecule has 0 radical (unpaired) electrons. The Labute approximate surface area is 179 Å². The van der Waals surface area contributed by atoms with Crippen molar-refractivity contribution >= 4 is 16.9 Å². The van der Waals surface area contributed by atoms with Gasteiger partial charge in [-0.3, -0.25) is 0 Å². The Morgan fingerprint density at radius 3 is 2.03 bits per heavy atom. The molecule has 2 aromatic carbocycles. The second kappa shape index (κ2) is 8.17. The Hall–Kier alpha value is -2.75. The van der Waals surface area contributed by atoms with Crippen LogP contribution in [0.25, 0.3) is 21.9 Å². The van der Waals surface area contributed by atoms with E-state index < -0.39 is 6.16 Å². The van der Waals surface area contributed by atoms with Gasteiger partial charge in [0.1, 0.15) is 0 Å². The van der Waals surface area contributed by atoms with Gasteiger partial charge in [0.05, 0.1) is 0 Å². The average Bonchev–Trinajstić information content (AvgIpc) is 3.13. The van der Waals surface area contributed by atoms with Crippen LogP contribution in [0.4, 0.5) is 4.79 Å². The first-order valence-electron chi connectivity index (χ1n) is 10.7. The number of hydrogen-bond donors (Lipinski definition) is 2. The highest BCUT2D eigenvalue weighted by Gasteiger charge is 2.37. The van der Waals surface area contributed by atoms with Crippen LogP contribution >= 0.6 is 0 Å². The lowest BCUT2D eigenvalue weighted by atomic mass is 9.63. The number of carbonyl (C=O) groups is 1. The average molecular weight is 408 g/mol. The molecule has 0 fully saturated rings. The molecule has 0 atom stereocenters. The molecule has 1 aromatic heterocycles. The summed E-state index contributed by atoms with van der Waals surface area (Å²) in [4.78, 5) is 8.56. The van der Waals surface area contributed by atoms with Gasteiger partial charge in [0.2, 0.25) is 0 Å². The SMILES string of the molecule is CCCn1ccc(-c2ccc3cc4c(cc3c2)C(C)(C)CCC4(C)C)c1.O=C(O)O. The Bertz CT molecular complexity index is 1060. The molecule has 0 saturated heterocycles. The lowest BCUT2D eigenvalue weighted by molar-refractivity contribution is 0.137. The molecule has 4 rings (SSSR count). The van der Waals surface area contributed by atoms with Crippen LogP contribution < -0.4 is 0 Å². The molecule has 2 N–H and O–H groups in total. The minimum atomic E-state index is -1.83. The second-order valence-corrected chi connectivity index (χ2v) is 9.65. The molecule has 0 unspecified atom stereocenters. The van der Waals surface area contributed by atoms with Crippen molar-refractivity contribution in [2.45, 2.75) is 71.3 Å². The van der Waals surface area contributed by atoms with Crippen molar-refractivity contribution in [2.24, 2.45) is 0 Å². The van der Waals surface area contributed by atoms with E-state index in [0.29, 0.717) is 0 Å². The Morgan fingerprint density at radius 2 is 1.47 bits per heavy atom. The molecule has 0 amide bonds. The second-order valence-electron chi connectivity index (χ2n) is 9.65. The summed E-state index contributed by atoms with van der Waals surface area (Å²) in [7, 11) is 0. The summed E-state index contributed by atoms with van der Waals surface area (Å²) in [6, 6.07) is 14.1. The van der Waals surface area contributed by atoms with Crippen LogP contribution in [-0.2, 0) is 17.4 Å². The molecule has 30 heavy (non-hydrogen) atoms. The number of aryl methyl sites for hydroxylation is 1. The van der Waals surface area contributed by atoms with Crippen molar-refractivity contribution in [3.63, 3.8) is 0 Å². The number of hydrogen-bond acceptors (Lipinski definition) is 1. The van der Waals surface area contributed by atoms with Crippen molar-refractivity contribution in [2.75, 3.05) is 0 Å². The topological polar surface area (TPSA) is 62.5 Å². The third-order valence-electron chi connectivity index (χ3n) is 6.38. The summed E-state index contributed by atoms with van der Waals surface area (Å²) in [5.74, 6) is 0. The fourth-order valence-corrected chi connectivity index (χ4v) is 4.50. The lowest BCUT2D eigenvalue weighted by Gasteiger charge is -2.42. The Morgan fingerprint density at radius 1 is 0.900 bits per heavy atom. The fraction of sp³-hybridized carbons (Fsp3) is 0.423. The van der Waals surface area contributed by atoms with Crippen molar-refractivity contribution in [1.29, 1.82) is 0 Å². The van der Waals surface area contributed by atoms with Gasteiger partial charge in [0, 0.05) is 18.9 Å². The van der Waals surface area contributed by atoms with Crippen LogP contribution in [-0.4, -0.2) is 20.9 Å². The quantitative estimate of drug-likeness (QED) is 0.479. The maximum Gasteiger partial charge on any atom is 0.503 e. The molecule has 1 aliphatic rings. The molecule has 0 bridgehead atoms. The van der Waals surface area contributed by atoms with E-state index in [0.717, 1.165) is 6.54 Å². The summed E-state index contributed by atoms with van der Waals surface area (Å²) >= 11 is 0. The van der Waals surface area contributed by atoms with E-state index >= 15 is 0 Å². The maximum atomic E-state index is 8.56. The zero-order valence-corrected chi connectivity index (χ0v) is 18.7. The minimum absolute atomic E-state index is 0.263. The minimum Gasteiger partial charge on any atom is -0.450 e. The number of nitrogens with zero attached hydrogens (tertiary/aromatic N) is 1. The first kappa shape index (κ1) is 21.9. The summed E-state index contributed by atoms with van der Waals surface area (Å²) in [6.07, 6.45) is 6.33. The predicted molar refractivity (Wildman–Crippen MR) is 124 cm³/mol. The number of carboxylic acid groups (broad SMARTS) is 2. The monoisotopic (exact) mass is 407 g/mol. The number of rotatable bonds is 3. The van der Waals surface area contributed by atoms with E-state index in [1.165, 1.54) is 41.2 Å². The molecule has 4 heteroatoms. The van der Waals surface area contributed by atoms with E-state index in [-0.39, 0.29) is 10.8 Å². The van der Waals surface area contributed by atoms with Crippen LogP contribution in [0.5, 0.6) is 0 Å². The van der Waals surface area contributed by atoms with Crippen LogP contribution in [0.1, 0.15) is 65.0 Å². The van der Waals surface area contributed by atoms with Gasteiger partial charge in [-0.1, -0.05) is 58.9 Å². The molecule has 0 spiro atoms. The van der Waals surface area contributed by atoms with Crippen molar-refractivity contribution in [3.8, 4) is 11.1 Å². The highest BCUT2D eigenvalue weighted by molar-refractivity contribution is 5.89. The number of benzene rings is 2. The van der Waals surface area contributed by atoms with Gasteiger partial charge in [-0.15, -0.1) is 0 Å². The van der Waals surface area contributed by atoms with Gasteiger partial charge in [0.15, 0.2) is 0 Å². The fourth-order valence-electron chi connectivity index (χ4n) is 4.50. The summed E-state index contributed by atoms with van der Waals surface area (Å²) < 4.78 is 2.29. The molecule has 1 aliphatic carbocycles.